The Kier molecular flexibility index (Phi) is 7.96. The first-order valence-corrected chi connectivity index (χ1v) is 10.2. The van der Waals surface area contributed by atoms with Crippen LogP contribution in [0.15, 0.2) is 24.3 Å². The maximum atomic E-state index is 12.1. The molecule has 1 atom stereocenters. The zero-order chi connectivity index (χ0) is 16.5. The van der Waals surface area contributed by atoms with E-state index in [1.165, 1.54) is 37.9 Å². The zero-order valence-corrected chi connectivity index (χ0v) is 15.3. The maximum absolute atomic E-state index is 12.1. The molecular weight excluding hydrogens is 304 g/mol. The number of unbranched alkanes of at least 4 members (excludes halogenated alkanes) is 1. The van der Waals surface area contributed by atoms with Crippen molar-refractivity contribution in [1.82, 2.24) is 10.2 Å². The number of carbonyl (C=O) groups is 1. The molecule has 128 valence electrons. The third kappa shape index (κ3) is 6.19. The van der Waals surface area contributed by atoms with Gasteiger partial charge in [-0.3, -0.25) is 4.79 Å². The van der Waals surface area contributed by atoms with Crippen LogP contribution in [0.4, 0.5) is 0 Å². The van der Waals surface area contributed by atoms with Gasteiger partial charge in [-0.2, -0.15) is 11.8 Å². The van der Waals surface area contributed by atoms with Crippen molar-refractivity contribution in [3.8, 4) is 0 Å². The van der Waals surface area contributed by atoms with Gasteiger partial charge in [0, 0.05) is 23.9 Å². The molecule has 1 amide bonds. The Morgan fingerprint density at radius 1 is 1.26 bits per heavy atom. The summed E-state index contributed by atoms with van der Waals surface area (Å²) in [6, 6.07) is 8.68. The number of rotatable bonds is 8. The summed E-state index contributed by atoms with van der Waals surface area (Å²) < 4.78 is 0. The lowest BCUT2D eigenvalue weighted by Crippen LogP contribution is -2.38. The normalized spacial score (nSPS) is 18.8. The molecule has 0 radical (unpaired) electrons. The lowest BCUT2D eigenvalue weighted by Gasteiger charge is -2.33. The molecule has 1 heterocycles. The molecule has 2 rings (SSSR count). The molecule has 1 saturated heterocycles. The summed E-state index contributed by atoms with van der Waals surface area (Å²) in [5, 5.41) is 3.04. The third-order valence-corrected chi connectivity index (χ3v) is 5.25. The quantitative estimate of drug-likeness (QED) is 0.731. The van der Waals surface area contributed by atoms with Crippen molar-refractivity contribution in [1.29, 1.82) is 0 Å². The van der Waals surface area contributed by atoms with Crippen molar-refractivity contribution in [3.05, 3.63) is 35.4 Å². The summed E-state index contributed by atoms with van der Waals surface area (Å²) in [5.74, 6) is 1.05. The fourth-order valence-corrected chi connectivity index (χ4v) is 3.68. The minimum atomic E-state index is 0.0482. The number of nitrogens with one attached hydrogen (secondary N) is 1. The van der Waals surface area contributed by atoms with Crippen molar-refractivity contribution >= 4 is 17.7 Å². The van der Waals surface area contributed by atoms with E-state index in [-0.39, 0.29) is 5.91 Å². The Balaban J connectivity index is 1.62. The van der Waals surface area contributed by atoms with Gasteiger partial charge in [0.2, 0.25) is 0 Å². The van der Waals surface area contributed by atoms with Gasteiger partial charge in [-0.15, -0.1) is 0 Å². The van der Waals surface area contributed by atoms with E-state index in [1.54, 1.807) is 11.8 Å². The number of amides is 1. The van der Waals surface area contributed by atoms with Crippen molar-refractivity contribution in [3.63, 3.8) is 0 Å². The molecule has 1 N–H and O–H groups in total. The minimum absolute atomic E-state index is 0.0482. The summed E-state index contributed by atoms with van der Waals surface area (Å²) in [4.78, 5) is 14.7. The highest BCUT2D eigenvalue weighted by molar-refractivity contribution is 7.97. The Bertz CT molecular complexity index is 475. The van der Waals surface area contributed by atoms with Crippen molar-refractivity contribution < 1.29 is 4.79 Å². The van der Waals surface area contributed by atoms with Gasteiger partial charge in [-0.05, 0) is 69.6 Å². The molecule has 1 aliphatic heterocycles. The lowest BCUT2D eigenvalue weighted by atomic mass is 10.0. The van der Waals surface area contributed by atoms with Crippen LogP contribution in [0.2, 0.25) is 0 Å². The molecular formula is C19H30N2OS. The first kappa shape index (κ1) is 18.3. The van der Waals surface area contributed by atoms with Gasteiger partial charge in [0.15, 0.2) is 0 Å². The average molecular weight is 335 g/mol. The number of likely N-dealkylation sites (tertiary alicyclic amines) is 1. The molecule has 0 bridgehead atoms. The number of carbonyl (C=O) groups excluding carboxylic acids is 1. The molecule has 3 nitrogen and oxygen atoms in total. The second-order valence-electron chi connectivity index (χ2n) is 6.47. The first-order chi connectivity index (χ1) is 11.2. The topological polar surface area (TPSA) is 32.3 Å². The molecule has 0 spiro atoms. The van der Waals surface area contributed by atoms with Gasteiger partial charge in [-0.1, -0.05) is 18.6 Å². The molecule has 23 heavy (non-hydrogen) atoms. The highest BCUT2D eigenvalue weighted by Crippen LogP contribution is 2.16. The van der Waals surface area contributed by atoms with E-state index < -0.39 is 0 Å². The second kappa shape index (κ2) is 9.99. The molecule has 0 saturated carbocycles. The van der Waals surface area contributed by atoms with Gasteiger partial charge in [0.25, 0.3) is 5.91 Å². The summed E-state index contributed by atoms with van der Waals surface area (Å²) >= 11 is 1.80. The van der Waals surface area contributed by atoms with Crippen LogP contribution in [0, 0.1) is 0 Å². The Hall–Kier alpha value is -1.00. The largest absolute Gasteiger partial charge is 0.352 e. The number of thioether (sulfide) groups is 1. The van der Waals surface area contributed by atoms with E-state index >= 15 is 0 Å². The summed E-state index contributed by atoms with van der Waals surface area (Å²) in [6.07, 6.45) is 8.36. The van der Waals surface area contributed by atoms with Gasteiger partial charge in [-0.25, -0.2) is 0 Å². The number of nitrogens with zero attached hydrogens (tertiary/aromatic N) is 1. The smallest absolute Gasteiger partial charge is 0.251 e. The predicted octanol–water partition coefficient (Wildman–Crippen LogP) is 3.93. The zero-order valence-electron chi connectivity index (χ0n) is 14.5. The molecule has 1 unspecified atom stereocenters. The van der Waals surface area contributed by atoms with Gasteiger partial charge in [0.05, 0.1) is 0 Å². The highest BCUT2D eigenvalue weighted by atomic mass is 32.2. The van der Waals surface area contributed by atoms with Crippen LogP contribution in [-0.4, -0.2) is 42.7 Å². The van der Waals surface area contributed by atoms with E-state index in [2.05, 4.69) is 23.4 Å². The Labute approximate surface area is 145 Å². The van der Waals surface area contributed by atoms with E-state index in [0.29, 0.717) is 0 Å². The highest BCUT2D eigenvalue weighted by Gasteiger charge is 2.17. The van der Waals surface area contributed by atoms with Crippen LogP contribution in [0.3, 0.4) is 0 Å². The molecule has 4 heteroatoms. The van der Waals surface area contributed by atoms with Crippen LogP contribution < -0.4 is 5.32 Å². The van der Waals surface area contributed by atoms with Crippen LogP contribution in [0.25, 0.3) is 0 Å². The van der Waals surface area contributed by atoms with Crippen LogP contribution in [0.1, 0.15) is 54.9 Å². The van der Waals surface area contributed by atoms with Gasteiger partial charge in [0.1, 0.15) is 0 Å². The number of hydrogen-bond acceptors (Lipinski definition) is 3. The van der Waals surface area contributed by atoms with Crippen molar-refractivity contribution in [2.75, 3.05) is 25.9 Å². The Morgan fingerprint density at radius 2 is 2.04 bits per heavy atom. The number of piperidine rings is 1. The molecule has 1 aliphatic rings. The van der Waals surface area contributed by atoms with E-state index in [9.17, 15) is 4.79 Å². The fraction of sp³-hybridized carbons (Fsp3) is 0.632. The number of hydrogen-bond donors (Lipinski definition) is 1. The minimum Gasteiger partial charge on any atom is -0.352 e. The molecule has 1 fully saturated rings. The van der Waals surface area contributed by atoms with Crippen LogP contribution >= 0.6 is 11.8 Å². The molecule has 0 aromatic heterocycles. The average Bonchev–Trinajstić information content (AvgIpc) is 2.57. The third-order valence-electron chi connectivity index (χ3n) is 4.63. The van der Waals surface area contributed by atoms with E-state index in [0.717, 1.165) is 36.7 Å². The van der Waals surface area contributed by atoms with Crippen molar-refractivity contribution in [2.45, 2.75) is 50.8 Å². The lowest BCUT2D eigenvalue weighted by molar-refractivity contribution is 0.0951. The predicted molar refractivity (Wildman–Crippen MR) is 100 cm³/mol. The summed E-state index contributed by atoms with van der Waals surface area (Å²) in [5.41, 5.74) is 2.03. The van der Waals surface area contributed by atoms with Crippen molar-refractivity contribution in [2.24, 2.45) is 0 Å². The molecule has 0 aliphatic carbocycles. The van der Waals surface area contributed by atoms with Crippen LogP contribution in [0.5, 0.6) is 0 Å². The molecule has 1 aromatic carbocycles. The van der Waals surface area contributed by atoms with E-state index in [4.69, 9.17) is 0 Å². The monoisotopic (exact) mass is 334 g/mol. The maximum Gasteiger partial charge on any atom is 0.251 e. The number of benzene rings is 1. The standard InChI is InChI=1S/C19H30N2OS/c1-16-7-3-5-13-21(16)14-6-4-12-20-19(22)18-10-8-17(9-11-18)15-23-2/h8-11,16H,3-7,12-15H2,1-2H3,(H,20,22). The first-order valence-electron chi connectivity index (χ1n) is 8.81. The van der Waals surface area contributed by atoms with Gasteiger partial charge < -0.3 is 10.2 Å². The summed E-state index contributed by atoms with van der Waals surface area (Å²) in [7, 11) is 0. The summed E-state index contributed by atoms with van der Waals surface area (Å²) in [6.45, 7) is 5.52. The second-order valence-corrected chi connectivity index (χ2v) is 7.34. The van der Waals surface area contributed by atoms with Gasteiger partial charge >= 0.3 is 0 Å². The SMILES string of the molecule is CSCc1ccc(C(=O)NCCCCN2CCCCC2C)cc1. The molecule has 1 aromatic rings. The Morgan fingerprint density at radius 3 is 2.74 bits per heavy atom. The van der Waals surface area contributed by atoms with Crippen LogP contribution in [-0.2, 0) is 5.75 Å². The van der Waals surface area contributed by atoms with E-state index in [1.807, 2.05) is 24.3 Å². The fourth-order valence-electron chi connectivity index (χ4n) is 3.15.